The maximum atomic E-state index is 13.7. The Hall–Kier alpha value is -3.58. The van der Waals surface area contributed by atoms with Crippen molar-refractivity contribution < 1.29 is 19.0 Å². The summed E-state index contributed by atoms with van der Waals surface area (Å²) in [5, 5.41) is 0.638. The molecule has 0 N–H and O–H groups in total. The van der Waals surface area contributed by atoms with Crippen molar-refractivity contribution >= 4 is 38.3 Å². The summed E-state index contributed by atoms with van der Waals surface area (Å²) in [5.74, 6) is 1.41. The molecule has 1 aromatic heterocycles. The minimum Gasteiger partial charge on any atom is -0.493 e. The largest absolute Gasteiger partial charge is 0.493 e. The fourth-order valence-electron chi connectivity index (χ4n) is 3.89. The number of anilines is 2. The lowest BCUT2D eigenvalue weighted by molar-refractivity contribution is -0.117. The summed E-state index contributed by atoms with van der Waals surface area (Å²) in [5.41, 5.74) is 4.58. The molecule has 0 radical (unpaired) electrons. The van der Waals surface area contributed by atoms with E-state index in [-0.39, 0.29) is 12.3 Å². The van der Waals surface area contributed by atoms with E-state index < -0.39 is 0 Å². The lowest BCUT2D eigenvalue weighted by Crippen LogP contribution is -2.27. The van der Waals surface area contributed by atoms with Crippen LogP contribution in [0.2, 0.25) is 0 Å². The molecule has 1 heterocycles. The second-order valence-electron chi connectivity index (χ2n) is 7.75. The van der Waals surface area contributed by atoms with Crippen LogP contribution < -0.4 is 19.1 Å². The number of hydrogen-bond acceptors (Lipinski definition) is 6. The Labute approximate surface area is 197 Å². The number of nitrogens with zero attached hydrogens (tertiary/aromatic N) is 2. The highest BCUT2D eigenvalue weighted by atomic mass is 32.1. The van der Waals surface area contributed by atoms with Gasteiger partial charge in [-0.2, -0.15) is 0 Å². The van der Waals surface area contributed by atoms with Gasteiger partial charge in [0, 0.05) is 0 Å². The van der Waals surface area contributed by atoms with Crippen LogP contribution in [0.4, 0.5) is 10.8 Å². The maximum Gasteiger partial charge on any atom is 0.237 e. The molecule has 1 amide bonds. The van der Waals surface area contributed by atoms with Gasteiger partial charge in [-0.05, 0) is 66.9 Å². The highest BCUT2D eigenvalue weighted by Crippen LogP contribution is 2.39. The summed E-state index contributed by atoms with van der Waals surface area (Å²) >= 11 is 1.50. The highest BCUT2D eigenvalue weighted by Gasteiger charge is 2.24. The van der Waals surface area contributed by atoms with Gasteiger partial charge < -0.3 is 14.2 Å². The quantitative estimate of drug-likeness (QED) is 0.345. The lowest BCUT2D eigenvalue weighted by atomic mass is 10.1. The van der Waals surface area contributed by atoms with Gasteiger partial charge in [-0.15, -0.1) is 0 Å². The number of ether oxygens (including phenoxy) is 3. The van der Waals surface area contributed by atoms with Crippen LogP contribution in [0.5, 0.6) is 17.2 Å². The molecule has 0 aliphatic rings. The predicted molar refractivity (Wildman–Crippen MR) is 132 cm³/mol. The fraction of sp³-hybridized carbons (Fsp3) is 0.231. The van der Waals surface area contributed by atoms with Crippen LogP contribution in [0.25, 0.3) is 10.2 Å². The highest BCUT2D eigenvalue weighted by molar-refractivity contribution is 7.22. The van der Waals surface area contributed by atoms with Gasteiger partial charge in [0.05, 0.1) is 43.7 Å². The van der Waals surface area contributed by atoms with E-state index in [4.69, 9.17) is 19.2 Å². The Morgan fingerprint density at radius 2 is 1.55 bits per heavy atom. The second-order valence-corrected chi connectivity index (χ2v) is 8.76. The van der Waals surface area contributed by atoms with E-state index >= 15 is 0 Å². The first kappa shape index (κ1) is 22.6. The second kappa shape index (κ2) is 9.50. The number of aryl methyl sites for hydroxylation is 2. The number of carbonyl (C=O) groups excluding carboxylic acids is 1. The Kier molecular flexibility index (Phi) is 6.51. The number of thiazole rings is 1. The number of amides is 1. The third-order valence-electron chi connectivity index (χ3n) is 5.27. The van der Waals surface area contributed by atoms with Crippen molar-refractivity contribution in [3.05, 3.63) is 71.3 Å². The molecule has 0 spiro atoms. The predicted octanol–water partition coefficient (Wildman–Crippen LogP) is 5.85. The van der Waals surface area contributed by atoms with E-state index in [0.717, 1.165) is 32.6 Å². The number of fused-ring (bicyclic) bond motifs is 1. The summed E-state index contributed by atoms with van der Waals surface area (Å²) in [6, 6.07) is 17.6. The first-order valence-corrected chi connectivity index (χ1v) is 11.3. The van der Waals surface area contributed by atoms with E-state index in [2.05, 4.69) is 6.07 Å². The van der Waals surface area contributed by atoms with Crippen molar-refractivity contribution in [2.24, 2.45) is 0 Å². The zero-order chi connectivity index (χ0) is 23.5. The molecule has 0 atom stereocenters. The minimum atomic E-state index is -0.103. The van der Waals surface area contributed by atoms with E-state index in [1.165, 1.54) is 11.3 Å². The van der Waals surface area contributed by atoms with Crippen LogP contribution in [-0.4, -0.2) is 32.2 Å². The summed E-state index contributed by atoms with van der Waals surface area (Å²) in [6.45, 7) is 4.05. The van der Waals surface area contributed by atoms with Gasteiger partial charge in [0.15, 0.2) is 16.6 Å². The molecule has 0 fully saturated rings. The average molecular weight is 463 g/mol. The maximum absolute atomic E-state index is 13.7. The molecule has 0 saturated heterocycles. The molecule has 0 aliphatic carbocycles. The van der Waals surface area contributed by atoms with Crippen molar-refractivity contribution in [3.63, 3.8) is 0 Å². The van der Waals surface area contributed by atoms with E-state index in [9.17, 15) is 4.79 Å². The third-order valence-corrected chi connectivity index (χ3v) is 6.29. The summed E-state index contributed by atoms with van der Waals surface area (Å²) < 4.78 is 17.4. The van der Waals surface area contributed by atoms with Crippen LogP contribution in [0.1, 0.15) is 16.7 Å². The molecule has 7 heteroatoms. The zero-order valence-corrected chi connectivity index (χ0v) is 20.2. The monoisotopic (exact) mass is 462 g/mol. The molecule has 4 rings (SSSR count). The summed E-state index contributed by atoms with van der Waals surface area (Å²) in [4.78, 5) is 20.2. The molecular formula is C26H26N2O4S. The van der Waals surface area contributed by atoms with Crippen LogP contribution in [0.15, 0.2) is 54.6 Å². The normalized spacial score (nSPS) is 10.8. The van der Waals surface area contributed by atoms with Gasteiger partial charge in [-0.1, -0.05) is 29.5 Å². The number of hydrogen-bond donors (Lipinski definition) is 0. The standard InChI is InChI=1S/C26H26N2O4S/c1-16-10-17(2)12-19(11-16)28(26-27-20-8-6-7-9-23(20)33-26)24(29)15-18-13-21(30-3)25(32-5)22(14-18)31-4/h6-14H,15H2,1-5H3. The van der Waals surface area contributed by atoms with Crippen molar-refractivity contribution in [2.75, 3.05) is 26.2 Å². The van der Waals surface area contributed by atoms with Gasteiger partial charge in [-0.3, -0.25) is 9.69 Å². The van der Waals surface area contributed by atoms with Crippen LogP contribution in [0.3, 0.4) is 0 Å². The molecule has 3 aromatic carbocycles. The molecule has 0 saturated carbocycles. The first-order valence-electron chi connectivity index (χ1n) is 10.5. The fourth-order valence-corrected chi connectivity index (χ4v) is 4.89. The zero-order valence-electron chi connectivity index (χ0n) is 19.3. The number of carbonyl (C=O) groups is 1. The molecule has 33 heavy (non-hydrogen) atoms. The van der Waals surface area contributed by atoms with Gasteiger partial charge in [0.25, 0.3) is 0 Å². The van der Waals surface area contributed by atoms with E-state index in [1.54, 1.807) is 38.4 Å². The smallest absolute Gasteiger partial charge is 0.237 e. The Bertz CT molecular complexity index is 1240. The van der Waals surface area contributed by atoms with E-state index in [0.29, 0.717) is 22.4 Å². The van der Waals surface area contributed by atoms with Gasteiger partial charge in [0.2, 0.25) is 11.7 Å². The van der Waals surface area contributed by atoms with Crippen molar-refractivity contribution in [2.45, 2.75) is 20.3 Å². The minimum absolute atomic E-state index is 0.103. The van der Waals surface area contributed by atoms with Crippen molar-refractivity contribution in [1.29, 1.82) is 0 Å². The molecule has 4 aromatic rings. The number of para-hydroxylation sites is 1. The van der Waals surface area contributed by atoms with E-state index in [1.807, 2.05) is 50.2 Å². The topological polar surface area (TPSA) is 60.9 Å². The van der Waals surface area contributed by atoms with Crippen molar-refractivity contribution in [3.8, 4) is 17.2 Å². The summed E-state index contributed by atoms with van der Waals surface area (Å²) in [7, 11) is 4.68. The van der Waals surface area contributed by atoms with Gasteiger partial charge in [-0.25, -0.2) is 4.98 Å². The van der Waals surface area contributed by atoms with Gasteiger partial charge in [0.1, 0.15) is 0 Å². The number of rotatable bonds is 7. The molecule has 0 unspecified atom stereocenters. The Morgan fingerprint density at radius 1 is 0.909 bits per heavy atom. The summed E-state index contributed by atoms with van der Waals surface area (Å²) in [6.07, 6.45) is 0.139. The number of methoxy groups -OCH3 is 3. The molecular weight excluding hydrogens is 436 g/mol. The van der Waals surface area contributed by atoms with Crippen LogP contribution in [0, 0.1) is 13.8 Å². The Morgan fingerprint density at radius 3 is 2.12 bits per heavy atom. The lowest BCUT2D eigenvalue weighted by Gasteiger charge is -2.22. The first-order chi connectivity index (χ1) is 15.9. The molecule has 0 aliphatic heterocycles. The Balaban J connectivity index is 1.78. The molecule has 170 valence electrons. The molecule has 6 nitrogen and oxygen atoms in total. The molecule has 0 bridgehead atoms. The SMILES string of the molecule is COc1cc(CC(=O)N(c2cc(C)cc(C)c2)c2nc3ccccc3s2)cc(OC)c1OC. The number of benzene rings is 3. The van der Waals surface area contributed by atoms with Gasteiger partial charge >= 0.3 is 0 Å². The average Bonchev–Trinajstić information content (AvgIpc) is 3.21. The number of aromatic nitrogens is 1. The third kappa shape index (κ3) is 4.64. The van der Waals surface area contributed by atoms with Crippen molar-refractivity contribution in [1.82, 2.24) is 4.98 Å². The van der Waals surface area contributed by atoms with Crippen LogP contribution in [-0.2, 0) is 11.2 Å². The van der Waals surface area contributed by atoms with Crippen LogP contribution >= 0.6 is 11.3 Å².